The number of thiazole rings is 1. The van der Waals surface area contributed by atoms with E-state index < -0.39 is 0 Å². The molecular weight excluding hydrogens is 296 g/mol. The lowest BCUT2D eigenvalue weighted by Gasteiger charge is -2.03. The zero-order chi connectivity index (χ0) is 15.4. The summed E-state index contributed by atoms with van der Waals surface area (Å²) in [4.78, 5) is 16.4. The summed E-state index contributed by atoms with van der Waals surface area (Å²) in [6, 6.07) is 15.3. The van der Waals surface area contributed by atoms with Crippen LogP contribution in [0, 0.1) is 0 Å². The molecule has 1 amide bonds. The van der Waals surface area contributed by atoms with E-state index in [4.69, 9.17) is 4.74 Å². The fraction of sp³-hybridized carbons (Fsp3) is 0.0588. The maximum absolute atomic E-state index is 12.0. The van der Waals surface area contributed by atoms with Crippen molar-refractivity contribution in [2.24, 2.45) is 0 Å². The molecule has 0 aliphatic carbocycles. The first kappa shape index (κ1) is 14.3. The highest BCUT2D eigenvalue weighted by molar-refractivity contribution is 7.22. The summed E-state index contributed by atoms with van der Waals surface area (Å²) in [6.07, 6.45) is 3.20. The van der Waals surface area contributed by atoms with E-state index in [0.29, 0.717) is 5.13 Å². The minimum Gasteiger partial charge on any atom is -0.496 e. The number of ether oxygens (including phenoxy) is 1. The Balaban J connectivity index is 1.73. The van der Waals surface area contributed by atoms with Crippen LogP contribution < -0.4 is 10.1 Å². The second-order valence-corrected chi connectivity index (χ2v) is 5.58. The minimum atomic E-state index is -0.218. The predicted octanol–water partition coefficient (Wildman–Crippen LogP) is 3.96. The van der Waals surface area contributed by atoms with Crippen molar-refractivity contribution in [3.63, 3.8) is 0 Å². The summed E-state index contributed by atoms with van der Waals surface area (Å²) in [5, 5.41) is 3.37. The van der Waals surface area contributed by atoms with Crippen LogP contribution in [-0.2, 0) is 4.79 Å². The van der Waals surface area contributed by atoms with E-state index in [1.54, 1.807) is 13.2 Å². The van der Waals surface area contributed by atoms with Crippen LogP contribution in [0.2, 0.25) is 0 Å². The molecule has 3 aromatic rings. The van der Waals surface area contributed by atoms with E-state index in [9.17, 15) is 4.79 Å². The molecule has 2 aromatic carbocycles. The fourth-order valence-corrected chi connectivity index (χ4v) is 2.91. The average molecular weight is 310 g/mol. The number of carbonyl (C=O) groups is 1. The largest absolute Gasteiger partial charge is 0.496 e. The Morgan fingerprint density at radius 2 is 1.95 bits per heavy atom. The number of amides is 1. The van der Waals surface area contributed by atoms with Gasteiger partial charge in [-0.05, 0) is 24.3 Å². The van der Waals surface area contributed by atoms with Gasteiger partial charge < -0.3 is 4.74 Å². The maximum atomic E-state index is 12.0. The van der Waals surface area contributed by atoms with Crippen LogP contribution in [0.5, 0.6) is 5.75 Å². The fourth-order valence-electron chi connectivity index (χ4n) is 2.04. The van der Waals surface area contributed by atoms with E-state index in [1.807, 2.05) is 48.5 Å². The number of fused-ring (bicyclic) bond motifs is 1. The SMILES string of the molecule is COc1ccccc1C=CC(=O)Nc1nc2ccccc2s1. The van der Waals surface area contributed by atoms with Gasteiger partial charge in [0.05, 0.1) is 17.3 Å². The highest BCUT2D eigenvalue weighted by Crippen LogP contribution is 2.25. The number of carbonyl (C=O) groups excluding carboxylic acids is 1. The zero-order valence-electron chi connectivity index (χ0n) is 11.9. The number of para-hydroxylation sites is 2. The van der Waals surface area contributed by atoms with Gasteiger partial charge in [0.15, 0.2) is 5.13 Å². The van der Waals surface area contributed by atoms with Crippen molar-refractivity contribution < 1.29 is 9.53 Å². The summed E-state index contributed by atoms with van der Waals surface area (Å²) in [6.45, 7) is 0. The molecule has 1 N–H and O–H groups in total. The minimum absolute atomic E-state index is 0.218. The summed E-state index contributed by atoms with van der Waals surface area (Å²) in [5.74, 6) is 0.511. The van der Waals surface area contributed by atoms with Gasteiger partial charge in [-0.1, -0.05) is 41.7 Å². The lowest BCUT2D eigenvalue weighted by Crippen LogP contribution is -2.07. The van der Waals surface area contributed by atoms with Gasteiger partial charge >= 0.3 is 0 Å². The first-order chi connectivity index (χ1) is 10.8. The summed E-state index contributed by atoms with van der Waals surface area (Å²) >= 11 is 1.45. The Bertz CT molecular complexity index is 806. The molecule has 0 atom stereocenters. The Labute approximate surface area is 132 Å². The van der Waals surface area contributed by atoms with Gasteiger partial charge in [0.25, 0.3) is 0 Å². The quantitative estimate of drug-likeness (QED) is 0.742. The number of aromatic nitrogens is 1. The van der Waals surface area contributed by atoms with Crippen LogP contribution in [0.15, 0.2) is 54.6 Å². The number of benzene rings is 2. The van der Waals surface area contributed by atoms with Crippen LogP contribution in [-0.4, -0.2) is 18.0 Å². The van der Waals surface area contributed by atoms with Gasteiger partial charge in [-0.2, -0.15) is 0 Å². The van der Waals surface area contributed by atoms with Crippen molar-refractivity contribution >= 4 is 38.7 Å². The molecule has 0 fully saturated rings. The van der Waals surface area contributed by atoms with Crippen LogP contribution in [0.3, 0.4) is 0 Å². The third kappa shape index (κ3) is 3.15. The average Bonchev–Trinajstić information content (AvgIpc) is 2.95. The number of hydrogen-bond donors (Lipinski definition) is 1. The summed E-state index contributed by atoms with van der Waals surface area (Å²) in [7, 11) is 1.61. The van der Waals surface area contributed by atoms with Crippen molar-refractivity contribution in [2.45, 2.75) is 0 Å². The number of anilines is 1. The lowest BCUT2D eigenvalue weighted by atomic mass is 10.2. The van der Waals surface area contributed by atoms with Gasteiger partial charge in [-0.3, -0.25) is 10.1 Å². The van der Waals surface area contributed by atoms with Crippen LogP contribution >= 0.6 is 11.3 Å². The van der Waals surface area contributed by atoms with E-state index in [0.717, 1.165) is 21.5 Å². The Morgan fingerprint density at radius 3 is 2.77 bits per heavy atom. The second kappa shape index (κ2) is 6.41. The molecule has 3 rings (SSSR count). The molecule has 0 bridgehead atoms. The molecular formula is C17H14N2O2S. The van der Waals surface area contributed by atoms with Crippen LogP contribution in [0.25, 0.3) is 16.3 Å². The first-order valence-corrected chi connectivity index (χ1v) is 7.55. The summed E-state index contributed by atoms with van der Waals surface area (Å²) in [5.41, 5.74) is 1.74. The van der Waals surface area contributed by atoms with Gasteiger partial charge in [0.1, 0.15) is 5.75 Å². The number of methoxy groups -OCH3 is 1. The second-order valence-electron chi connectivity index (χ2n) is 4.55. The molecule has 0 radical (unpaired) electrons. The molecule has 0 saturated carbocycles. The standard InChI is InChI=1S/C17H14N2O2S/c1-21-14-8-4-2-6-12(14)10-11-16(20)19-17-18-13-7-3-5-9-15(13)22-17/h2-11H,1H3,(H,18,19,20). The Hall–Kier alpha value is -2.66. The van der Waals surface area contributed by atoms with E-state index in [2.05, 4.69) is 10.3 Å². The van der Waals surface area contributed by atoms with E-state index in [1.165, 1.54) is 17.4 Å². The lowest BCUT2D eigenvalue weighted by molar-refractivity contribution is -0.111. The number of nitrogens with zero attached hydrogens (tertiary/aromatic N) is 1. The molecule has 0 spiro atoms. The molecule has 1 aromatic heterocycles. The number of nitrogens with one attached hydrogen (secondary N) is 1. The Morgan fingerprint density at radius 1 is 1.18 bits per heavy atom. The van der Waals surface area contributed by atoms with Gasteiger partial charge in [0, 0.05) is 11.6 Å². The third-order valence-corrected chi connectivity index (χ3v) is 4.03. The molecule has 1 heterocycles. The Kier molecular flexibility index (Phi) is 4.16. The zero-order valence-corrected chi connectivity index (χ0v) is 12.8. The van der Waals surface area contributed by atoms with Gasteiger partial charge in [0.2, 0.25) is 5.91 Å². The monoisotopic (exact) mass is 310 g/mol. The van der Waals surface area contributed by atoms with Crippen molar-refractivity contribution in [2.75, 3.05) is 12.4 Å². The molecule has 4 nitrogen and oxygen atoms in total. The van der Waals surface area contributed by atoms with Crippen molar-refractivity contribution in [3.8, 4) is 5.75 Å². The maximum Gasteiger partial charge on any atom is 0.250 e. The van der Waals surface area contributed by atoms with Gasteiger partial charge in [-0.25, -0.2) is 4.98 Å². The smallest absolute Gasteiger partial charge is 0.250 e. The highest BCUT2D eigenvalue weighted by Gasteiger charge is 2.05. The normalized spacial score (nSPS) is 11.0. The van der Waals surface area contributed by atoms with E-state index in [-0.39, 0.29) is 5.91 Å². The molecule has 0 aliphatic rings. The topological polar surface area (TPSA) is 51.2 Å². The van der Waals surface area contributed by atoms with Crippen molar-refractivity contribution in [3.05, 3.63) is 60.2 Å². The van der Waals surface area contributed by atoms with Crippen molar-refractivity contribution in [1.82, 2.24) is 4.98 Å². The molecule has 0 saturated heterocycles. The molecule has 110 valence electrons. The van der Waals surface area contributed by atoms with Crippen LogP contribution in [0.4, 0.5) is 5.13 Å². The first-order valence-electron chi connectivity index (χ1n) is 6.74. The van der Waals surface area contributed by atoms with Crippen LogP contribution in [0.1, 0.15) is 5.56 Å². The summed E-state index contributed by atoms with van der Waals surface area (Å²) < 4.78 is 6.29. The molecule has 5 heteroatoms. The molecule has 0 aliphatic heterocycles. The highest BCUT2D eigenvalue weighted by atomic mass is 32.1. The van der Waals surface area contributed by atoms with Gasteiger partial charge in [-0.15, -0.1) is 0 Å². The predicted molar refractivity (Wildman–Crippen MR) is 90.3 cm³/mol. The third-order valence-electron chi connectivity index (χ3n) is 3.08. The molecule has 0 unspecified atom stereocenters. The number of rotatable bonds is 4. The van der Waals surface area contributed by atoms with E-state index >= 15 is 0 Å². The molecule has 22 heavy (non-hydrogen) atoms. The van der Waals surface area contributed by atoms with Crippen molar-refractivity contribution in [1.29, 1.82) is 0 Å². The number of hydrogen-bond acceptors (Lipinski definition) is 4.